The Balaban J connectivity index is 0.000000273. The fraction of sp³-hybridized carbons (Fsp3) is 0.659. The second kappa shape index (κ2) is 15.1. The molecule has 0 unspecified atom stereocenters. The van der Waals surface area contributed by atoms with Crippen molar-refractivity contribution in [3.63, 3.8) is 0 Å². The Morgan fingerprint density at radius 2 is 1.43 bits per heavy atom. The Hall–Kier alpha value is -1.96. The summed E-state index contributed by atoms with van der Waals surface area (Å²) in [5.41, 5.74) is 7.07. The van der Waals surface area contributed by atoms with E-state index in [4.69, 9.17) is 4.74 Å². The van der Waals surface area contributed by atoms with Crippen molar-refractivity contribution in [2.75, 3.05) is 6.61 Å². The molecule has 0 aromatic heterocycles. The number of esters is 1. The molecule has 6 nitrogen and oxygen atoms in total. The number of hydrogen-bond donors (Lipinski definition) is 2. The molecule has 6 aliphatic rings. The Bertz CT molecular complexity index is 1580. The number of ether oxygens (including phenoxy) is 1. The molecule has 8 atom stereocenters. The van der Waals surface area contributed by atoms with Crippen molar-refractivity contribution in [1.29, 1.82) is 0 Å². The van der Waals surface area contributed by atoms with Crippen LogP contribution in [0.15, 0.2) is 57.2 Å². The van der Waals surface area contributed by atoms with Crippen molar-refractivity contribution < 1.29 is 55.2 Å². The molecule has 280 valence electrons. The smallest absolute Gasteiger partial charge is 0.303 e. The van der Waals surface area contributed by atoms with Crippen LogP contribution in [0.4, 0.5) is 0 Å². The second-order valence-electron chi connectivity index (χ2n) is 17.6. The average molecular weight is 865 g/mol. The van der Waals surface area contributed by atoms with E-state index in [1.165, 1.54) is 40.4 Å². The maximum atomic E-state index is 12.9. The van der Waals surface area contributed by atoms with Gasteiger partial charge in [0.05, 0.1) is 6.10 Å². The first kappa shape index (κ1) is 43.4. The standard InChI is InChI=1S/C24H32O6.2C10H15.Hf/c1-13-9-16-17-6-8-24(29,20(28)12-30-14(2)25)23(17,4)11-19(27)21(16)22(3)7-5-15(26)10-18(13)22;2*1-7-6-10(4,5)9(3)8(7)2;/h5,7,10,13,16-17,19,21,27,29H,6,8-9,11-12H2,1-4H3;2*1-5H3;/q;2*-1;/t13-,16-,17-,19-,21+,22-,23-,24-;;;/m0.../s1. The van der Waals surface area contributed by atoms with Gasteiger partial charge in [-0.15, -0.1) is 13.8 Å². The molecule has 2 N–H and O–H groups in total. The third kappa shape index (κ3) is 7.69. The fourth-order valence-corrected chi connectivity index (χ4v) is 10.3. The summed E-state index contributed by atoms with van der Waals surface area (Å²) in [7, 11) is 0. The first-order chi connectivity index (χ1) is 22.8. The molecule has 0 aromatic carbocycles. The molecule has 0 spiro atoms. The van der Waals surface area contributed by atoms with Crippen molar-refractivity contribution in [3.8, 4) is 0 Å². The summed E-state index contributed by atoms with van der Waals surface area (Å²) in [6.07, 6.45) is 13.6. The third-order valence-corrected chi connectivity index (χ3v) is 14.0. The second-order valence-corrected chi connectivity index (χ2v) is 17.6. The summed E-state index contributed by atoms with van der Waals surface area (Å²) in [4.78, 5) is 36.1. The van der Waals surface area contributed by atoms with E-state index >= 15 is 0 Å². The van der Waals surface area contributed by atoms with E-state index in [9.17, 15) is 24.6 Å². The van der Waals surface area contributed by atoms with Gasteiger partial charge in [0.1, 0.15) is 5.60 Å². The number of aliphatic hydroxyl groups is 2. The zero-order chi connectivity index (χ0) is 37.9. The predicted octanol–water partition coefficient (Wildman–Crippen LogP) is 8.60. The summed E-state index contributed by atoms with van der Waals surface area (Å²) >= 11 is 0. The zero-order valence-electron chi connectivity index (χ0n) is 33.7. The van der Waals surface area contributed by atoms with Gasteiger partial charge in [0.2, 0.25) is 5.78 Å². The van der Waals surface area contributed by atoms with Gasteiger partial charge in [0.15, 0.2) is 12.4 Å². The molecule has 3 saturated carbocycles. The van der Waals surface area contributed by atoms with E-state index < -0.39 is 40.9 Å². The molecule has 6 rings (SSSR count). The van der Waals surface area contributed by atoms with Crippen LogP contribution in [0.2, 0.25) is 0 Å². The monoisotopic (exact) mass is 866 g/mol. The number of allylic oxidation sites excluding steroid dienone is 12. The van der Waals surface area contributed by atoms with Crippen LogP contribution in [0.1, 0.15) is 123 Å². The molecule has 0 heterocycles. The van der Waals surface area contributed by atoms with E-state index in [1.54, 1.807) is 12.2 Å². The van der Waals surface area contributed by atoms with Gasteiger partial charge < -0.3 is 14.9 Å². The van der Waals surface area contributed by atoms with Gasteiger partial charge in [-0.25, -0.2) is 11.1 Å². The summed E-state index contributed by atoms with van der Waals surface area (Å²) in [6, 6.07) is 0. The van der Waals surface area contributed by atoms with Crippen molar-refractivity contribution in [3.05, 3.63) is 69.4 Å². The van der Waals surface area contributed by atoms with Gasteiger partial charge in [-0.05, 0) is 55.6 Å². The molecule has 0 saturated heterocycles. The Kier molecular flexibility index (Phi) is 12.8. The van der Waals surface area contributed by atoms with E-state index in [1.807, 2.05) is 13.0 Å². The van der Waals surface area contributed by atoms with Crippen LogP contribution in [0, 0.1) is 57.5 Å². The van der Waals surface area contributed by atoms with Gasteiger partial charge in [0.25, 0.3) is 0 Å². The quantitative estimate of drug-likeness (QED) is 0.168. The minimum Gasteiger partial charge on any atom is -0.458 e. The van der Waals surface area contributed by atoms with Crippen LogP contribution in [0.25, 0.3) is 0 Å². The van der Waals surface area contributed by atoms with Crippen LogP contribution in [-0.4, -0.2) is 46.1 Å². The number of fused-ring (bicyclic) bond motifs is 5. The molecule has 0 aromatic rings. The van der Waals surface area contributed by atoms with Gasteiger partial charge >= 0.3 is 5.97 Å². The number of hydrogen-bond acceptors (Lipinski definition) is 6. The molecular formula is C44H62HfO6-2. The van der Waals surface area contributed by atoms with E-state index in [0.29, 0.717) is 19.3 Å². The van der Waals surface area contributed by atoms with Crippen molar-refractivity contribution in [2.24, 2.45) is 45.3 Å². The molecule has 7 heteroatoms. The number of ketones is 2. The number of Topliss-reactive ketones (excluding diaryl/α,β-unsaturated/α-hetero) is 1. The molecule has 51 heavy (non-hydrogen) atoms. The Labute approximate surface area is 326 Å². The van der Waals surface area contributed by atoms with E-state index in [-0.39, 0.29) is 66.1 Å². The van der Waals surface area contributed by atoms with Crippen LogP contribution in [-0.2, 0) is 45.0 Å². The van der Waals surface area contributed by atoms with Gasteiger partial charge in [-0.3, -0.25) is 26.5 Å². The first-order valence-electron chi connectivity index (χ1n) is 18.5. The maximum Gasteiger partial charge on any atom is 0.303 e. The third-order valence-electron chi connectivity index (χ3n) is 14.0. The van der Waals surface area contributed by atoms with E-state index in [0.717, 1.165) is 12.0 Å². The topological polar surface area (TPSA) is 101 Å². The molecule has 3 fully saturated rings. The van der Waals surface area contributed by atoms with Gasteiger partial charge in [0, 0.05) is 49.5 Å². The molecule has 0 aliphatic heterocycles. The van der Waals surface area contributed by atoms with Crippen molar-refractivity contribution >= 4 is 17.5 Å². The number of carbonyl (C=O) groups is 3. The number of carbonyl (C=O) groups excluding carboxylic acids is 3. The Morgan fingerprint density at radius 3 is 1.84 bits per heavy atom. The van der Waals surface area contributed by atoms with Crippen LogP contribution in [0.3, 0.4) is 0 Å². The van der Waals surface area contributed by atoms with Gasteiger partial charge in [-0.2, -0.15) is 22.3 Å². The fourth-order valence-electron chi connectivity index (χ4n) is 10.3. The van der Waals surface area contributed by atoms with Crippen LogP contribution in [0.5, 0.6) is 0 Å². The Morgan fingerprint density at radius 1 is 0.922 bits per heavy atom. The largest absolute Gasteiger partial charge is 0.458 e. The molecular weight excluding hydrogens is 803 g/mol. The molecule has 0 bridgehead atoms. The minimum atomic E-state index is -1.61. The zero-order valence-corrected chi connectivity index (χ0v) is 37.3. The summed E-state index contributed by atoms with van der Waals surface area (Å²) in [5.74, 6) is -0.712. The molecule has 0 amide bonds. The minimum absolute atomic E-state index is 0. The predicted molar refractivity (Wildman–Crippen MR) is 198 cm³/mol. The molecule has 6 aliphatic carbocycles. The number of rotatable bonds is 3. The van der Waals surface area contributed by atoms with Crippen molar-refractivity contribution in [2.45, 2.75) is 134 Å². The first-order valence-corrected chi connectivity index (χ1v) is 18.5. The summed E-state index contributed by atoms with van der Waals surface area (Å²) < 4.78 is 4.89. The van der Waals surface area contributed by atoms with Crippen LogP contribution >= 0.6 is 0 Å². The number of aliphatic hydroxyl groups excluding tert-OH is 1. The molecule has 0 radical (unpaired) electrons. The van der Waals surface area contributed by atoms with Crippen LogP contribution < -0.4 is 0 Å². The van der Waals surface area contributed by atoms with Gasteiger partial charge in [-0.1, -0.05) is 98.6 Å². The SMILES string of the molecule is CC(=O)OCC(=O)[C@@]1(O)CC[C@H]2[C@@H]3C[C@H](C)C4=CC(=O)C=C[C@]4(C)[C@H]3[C@@H](O)C[C@@]21C.CC1=[C-]C(C)(C)C(C)=C1C.CC1=[C-]C(C)(C)C(C)=C1C.[Hf]. The summed E-state index contributed by atoms with van der Waals surface area (Å²) in [5, 5.41) is 22.9. The maximum absolute atomic E-state index is 12.9. The average Bonchev–Trinajstić information content (AvgIpc) is 3.46. The van der Waals surface area contributed by atoms with Crippen molar-refractivity contribution in [1.82, 2.24) is 0 Å². The summed E-state index contributed by atoms with van der Waals surface area (Å²) in [6.45, 7) is 28.8. The van der Waals surface area contributed by atoms with E-state index in [2.05, 4.69) is 95.2 Å². The normalized spacial score (nSPS) is 36.9.